The van der Waals surface area contributed by atoms with Crippen molar-refractivity contribution in [3.05, 3.63) is 194 Å². The monoisotopic (exact) mass is 836 g/mol. The molecule has 4 amide bonds. The first-order chi connectivity index (χ1) is 30.3. The molecule has 3 aliphatic rings. The summed E-state index contributed by atoms with van der Waals surface area (Å²) in [6.45, 7) is 12.0. The molecule has 0 aromatic heterocycles. The van der Waals surface area contributed by atoms with Crippen LogP contribution in [0.1, 0.15) is 148 Å². The SMILES string of the molecule is CCC(C)(CC)c1ccc(C2(c3ccc(N4C(=O)c5ccc(C#Cc6ccc7c(c6)C(=O)N(C(C)(CC)CC)C7=O)cc5C4=O)c(F)c3)c3ccccc3-c3ccccc32)cc1F. The van der Waals surface area contributed by atoms with Crippen molar-refractivity contribution in [1.82, 2.24) is 4.90 Å². The zero-order chi connectivity index (χ0) is 44.6. The molecular weight excluding hydrogens is 791 g/mol. The molecule has 8 heteroatoms. The summed E-state index contributed by atoms with van der Waals surface area (Å²) in [6, 6.07) is 35.3. The van der Waals surface area contributed by atoms with Crippen LogP contribution >= 0.6 is 0 Å². The molecule has 0 bridgehead atoms. The minimum Gasteiger partial charge on any atom is -0.269 e. The lowest BCUT2D eigenvalue weighted by atomic mass is 9.67. The van der Waals surface area contributed by atoms with E-state index in [1.165, 1.54) is 29.2 Å². The fraction of sp³-hybridized carbons (Fsp3) is 0.236. The van der Waals surface area contributed by atoms with Crippen molar-refractivity contribution in [1.29, 1.82) is 0 Å². The lowest BCUT2D eigenvalue weighted by Crippen LogP contribution is -2.48. The van der Waals surface area contributed by atoms with E-state index in [9.17, 15) is 19.2 Å². The van der Waals surface area contributed by atoms with E-state index in [4.69, 9.17) is 0 Å². The fourth-order valence-electron chi connectivity index (χ4n) is 9.87. The lowest BCUT2D eigenvalue weighted by molar-refractivity contribution is 0.0434. The van der Waals surface area contributed by atoms with Crippen LogP contribution in [0.2, 0.25) is 0 Å². The highest BCUT2D eigenvalue weighted by atomic mass is 19.1. The maximum absolute atomic E-state index is 16.9. The van der Waals surface area contributed by atoms with Gasteiger partial charge in [-0.25, -0.2) is 13.7 Å². The molecule has 2 heterocycles. The van der Waals surface area contributed by atoms with E-state index in [1.54, 1.807) is 36.4 Å². The van der Waals surface area contributed by atoms with Crippen LogP contribution in [0.3, 0.4) is 0 Å². The van der Waals surface area contributed by atoms with E-state index in [2.05, 4.69) is 32.6 Å². The summed E-state index contributed by atoms with van der Waals surface area (Å²) < 4.78 is 33.4. The van der Waals surface area contributed by atoms with Crippen molar-refractivity contribution < 1.29 is 28.0 Å². The van der Waals surface area contributed by atoms with E-state index in [-0.39, 0.29) is 39.9 Å². The third-order valence-corrected chi connectivity index (χ3v) is 14.4. The van der Waals surface area contributed by atoms with Crippen molar-refractivity contribution in [2.45, 2.75) is 83.6 Å². The summed E-state index contributed by atoms with van der Waals surface area (Å²) in [4.78, 5) is 56.9. The first-order valence-electron chi connectivity index (χ1n) is 21.6. The second-order valence-corrected chi connectivity index (χ2v) is 17.3. The first-order valence-corrected chi connectivity index (χ1v) is 21.6. The third kappa shape index (κ3) is 6.04. The first kappa shape index (κ1) is 41.4. The molecule has 0 radical (unpaired) electrons. The van der Waals surface area contributed by atoms with Gasteiger partial charge < -0.3 is 0 Å². The van der Waals surface area contributed by atoms with Gasteiger partial charge in [0.2, 0.25) is 0 Å². The van der Waals surface area contributed by atoms with Gasteiger partial charge in [-0.1, -0.05) is 113 Å². The molecule has 9 rings (SSSR count). The van der Waals surface area contributed by atoms with Gasteiger partial charge in [0.15, 0.2) is 0 Å². The summed E-state index contributed by atoms with van der Waals surface area (Å²) in [6.07, 6.45) is 2.76. The highest BCUT2D eigenvalue weighted by Crippen LogP contribution is 2.57. The van der Waals surface area contributed by atoms with Crippen LogP contribution in [0.25, 0.3) is 11.1 Å². The zero-order valence-electron chi connectivity index (χ0n) is 36.2. The Hall–Kier alpha value is -6.98. The van der Waals surface area contributed by atoms with E-state index in [0.29, 0.717) is 51.8 Å². The Morgan fingerprint density at radius 2 is 0.984 bits per heavy atom. The van der Waals surface area contributed by atoms with E-state index < -0.39 is 28.6 Å². The maximum Gasteiger partial charge on any atom is 0.266 e. The number of fused-ring (bicyclic) bond motifs is 5. The van der Waals surface area contributed by atoms with Crippen molar-refractivity contribution >= 4 is 29.3 Å². The Balaban J connectivity index is 1.07. The van der Waals surface area contributed by atoms with Gasteiger partial charge in [-0.05, 0) is 132 Å². The maximum atomic E-state index is 16.9. The van der Waals surface area contributed by atoms with Crippen molar-refractivity contribution in [3.63, 3.8) is 0 Å². The molecular formula is C55H46F2N2O4. The number of hydrogen-bond donors (Lipinski definition) is 0. The number of hydrogen-bond acceptors (Lipinski definition) is 4. The molecule has 0 unspecified atom stereocenters. The van der Waals surface area contributed by atoms with Gasteiger partial charge in [-0.15, -0.1) is 0 Å². The Bertz CT molecular complexity index is 2970. The number of nitrogens with zero attached hydrogens (tertiary/aromatic N) is 2. The van der Waals surface area contributed by atoms with Crippen LogP contribution in [0.5, 0.6) is 0 Å². The predicted octanol–water partition coefficient (Wildman–Crippen LogP) is 11.8. The van der Waals surface area contributed by atoms with E-state index in [0.717, 1.165) is 40.0 Å². The minimum absolute atomic E-state index is 0.0795. The fourth-order valence-corrected chi connectivity index (χ4v) is 9.87. The average Bonchev–Trinajstić information content (AvgIpc) is 3.85. The van der Waals surface area contributed by atoms with Gasteiger partial charge in [0.1, 0.15) is 11.6 Å². The number of amides is 4. The van der Waals surface area contributed by atoms with Gasteiger partial charge in [0.25, 0.3) is 23.6 Å². The molecule has 0 saturated heterocycles. The Morgan fingerprint density at radius 1 is 0.508 bits per heavy atom. The van der Waals surface area contributed by atoms with Crippen LogP contribution in [0.4, 0.5) is 14.5 Å². The Morgan fingerprint density at radius 3 is 1.51 bits per heavy atom. The third-order valence-electron chi connectivity index (χ3n) is 14.4. The van der Waals surface area contributed by atoms with Gasteiger partial charge >= 0.3 is 0 Å². The second kappa shape index (κ2) is 15.1. The highest BCUT2D eigenvalue weighted by molar-refractivity contribution is 6.34. The van der Waals surface area contributed by atoms with Crippen LogP contribution in [0.15, 0.2) is 121 Å². The molecule has 0 N–H and O–H groups in total. The normalized spacial score (nSPS) is 15.0. The summed E-state index contributed by atoms with van der Waals surface area (Å²) >= 11 is 0. The summed E-state index contributed by atoms with van der Waals surface area (Å²) in [5.74, 6) is 2.91. The molecule has 0 saturated carbocycles. The number of rotatable bonds is 9. The Kier molecular flexibility index (Phi) is 9.94. The van der Waals surface area contributed by atoms with Gasteiger partial charge in [0.05, 0.1) is 33.4 Å². The predicted molar refractivity (Wildman–Crippen MR) is 241 cm³/mol. The topological polar surface area (TPSA) is 74.8 Å². The van der Waals surface area contributed by atoms with Gasteiger partial charge in [-0.2, -0.15) is 0 Å². The number of benzene rings is 6. The van der Waals surface area contributed by atoms with Crippen LogP contribution < -0.4 is 4.90 Å². The summed E-state index contributed by atoms with van der Waals surface area (Å²) in [5, 5.41) is 0. The summed E-state index contributed by atoms with van der Waals surface area (Å²) in [5.41, 5.74) is 4.87. The van der Waals surface area contributed by atoms with Crippen LogP contribution in [-0.4, -0.2) is 34.1 Å². The number of carbonyl (C=O) groups excluding carboxylic acids is 4. The Labute approximate surface area is 366 Å². The van der Waals surface area contributed by atoms with Crippen molar-refractivity contribution in [2.75, 3.05) is 4.90 Å². The zero-order valence-corrected chi connectivity index (χ0v) is 36.2. The molecule has 1 aliphatic carbocycles. The minimum atomic E-state index is -1.12. The molecule has 6 aromatic rings. The second-order valence-electron chi connectivity index (χ2n) is 17.3. The molecule has 6 nitrogen and oxygen atoms in total. The van der Waals surface area contributed by atoms with Gasteiger partial charge in [-0.3, -0.25) is 24.1 Å². The van der Waals surface area contributed by atoms with E-state index in [1.807, 2.05) is 81.4 Å². The summed E-state index contributed by atoms with van der Waals surface area (Å²) in [7, 11) is 0. The number of imide groups is 2. The largest absolute Gasteiger partial charge is 0.269 e. The van der Waals surface area contributed by atoms with Crippen molar-refractivity contribution in [3.8, 4) is 23.0 Å². The molecule has 0 fully saturated rings. The number of halogens is 2. The quantitative estimate of drug-likeness (QED) is 0.107. The standard InChI is InChI=1S/C55H46F2N2O4/c1-7-53(5,8-2)45-27-23-35(31-46(45)56)55(43-17-13-11-15-37(43)38-16-12-14-18-44(38)55)36-24-28-48(47(57)32-36)58-49(60)39-25-21-33(29-41(39)50(58)61)19-20-34-22-26-40-42(30-34)52(63)59(51(40)62)54(6,9-3)10-4/h11-18,21-32H,7-10H2,1-6H3. The highest BCUT2D eigenvalue weighted by Gasteiger charge is 2.48. The van der Waals surface area contributed by atoms with E-state index >= 15 is 8.78 Å². The lowest BCUT2D eigenvalue weighted by Gasteiger charge is -2.35. The van der Waals surface area contributed by atoms with Gasteiger partial charge in [0, 0.05) is 16.7 Å². The molecule has 6 aromatic carbocycles. The molecule has 314 valence electrons. The van der Waals surface area contributed by atoms with Crippen molar-refractivity contribution in [2.24, 2.45) is 0 Å². The molecule has 0 atom stereocenters. The molecule has 63 heavy (non-hydrogen) atoms. The molecule has 2 aliphatic heterocycles. The molecule has 0 spiro atoms. The van der Waals surface area contributed by atoms with Crippen LogP contribution in [-0.2, 0) is 10.8 Å². The number of anilines is 1. The number of carbonyl (C=O) groups is 4. The smallest absolute Gasteiger partial charge is 0.266 e. The van der Waals surface area contributed by atoms with Crippen LogP contribution in [0, 0.1) is 23.5 Å². The average molecular weight is 837 g/mol.